The molecule has 0 atom stereocenters. The van der Waals surface area contributed by atoms with E-state index >= 15 is 0 Å². The fourth-order valence-corrected chi connectivity index (χ4v) is 3.10. The monoisotopic (exact) mass is 306 g/mol. The Morgan fingerprint density at radius 1 is 1.09 bits per heavy atom. The maximum absolute atomic E-state index is 11.2. The molecular weight excluding hydrogens is 284 g/mol. The molecule has 2 aromatic carbocycles. The lowest BCUT2D eigenvalue weighted by Gasteiger charge is -2.06. The van der Waals surface area contributed by atoms with Gasteiger partial charge >= 0.3 is 0 Å². The lowest BCUT2D eigenvalue weighted by molar-refractivity contribution is -0.118. The van der Waals surface area contributed by atoms with E-state index < -0.39 is 0 Å². The fourth-order valence-electron chi connectivity index (χ4n) is 3.10. The van der Waals surface area contributed by atoms with Gasteiger partial charge in [-0.15, -0.1) is 0 Å². The smallest absolute Gasteiger partial charge is 0.216 e. The molecule has 0 bridgehead atoms. The molecule has 0 fully saturated rings. The zero-order valence-corrected chi connectivity index (χ0v) is 13.6. The third-order valence-electron chi connectivity index (χ3n) is 4.22. The summed E-state index contributed by atoms with van der Waals surface area (Å²) in [4.78, 5) is 14.8. The summed E-state index contributed by atoms with van der Waals surface area (Å²) in [7, 11) is 0. The first kappa shape index (κ1) is 15.3. The van der Waals surface area contributed by atoms with Crippen LogP contribution in [0, 0.1) is 0 Å². The molecule has 2 N–H and O–H groups in total. The van der Waals surface area contributed by atoms with Crippen LogP contribution in [-0.4, -0.2) is 17.4 Å². The van der Waals surface area contributed by atoms with Gasteiger partial charge < -0.3 is 10.3 Å². The largest absolute Gasteiger partial charge is 0.356 e. The van der Waals surface area contributed by atoms with Crippen molar-refractivity contribution in [1.29, 1.82) is 0 Å². The van der Waals surface area contributed by atoms with Gasteiger partial charge in [0.15, 0.2) is 0 Å². The topological polar surface area (TPSA) is 44.9 Å². The summed E-state index contributed by atoms with van der Waals surface area (Å²) in [5, 5.41) is 4.16. The summed E-state index contributed by atoms with van der Waals surface area (Å²) < 4.78 is 0. The second kappa shape index (κ2) is 6.69. The second-order valence-electron chi connectivity index (χ2n) is 5.77. The number of hydrogen-bond acceptors (Lipinski definition) is 1. The molecule has 1 aromatic heterocycles. The number of aryl methyl sites for hydroxylation is 1. The molecule has 3 aromatic rings. The summed E-state index contributed by atoms with van der Waals surface area (Å²) >= 11 is 0. The van der Waals surface area contributed by atoms with Crippen LogP contribution in [0.5, 0.6) is 0 Å². The molecule has 23 heavy (non-hydrogen) atoms. The van der Waals surface area contributed by atoms with Crippen molar-refractivity contribution in [2.75, 3.05) is 6.54 Å². The number of H-pyrrole nitrogens is 1. The van der Waals surface area contributed by atoms with Gasteiger partial charge in [-0.25, -0.2) is 0 Å². The molecule has 0 aliphatic rings. The predicted octanol–water partition coefficient (Wildman–Crippen LogP) is 4.08. The Hall–Kier alpha value is -2.55. The summed E-state index contributed by atoms with van der Waals surface area (Å²) in [6, 6.07) is 16.8. The van der Waals surface area contributed by atoms with Crippen molar-refractivity contribution in [3.05, 3.63) is 59.7 Å². The number of rotatable bonds is 5. The molecule has 0 saturated carbocycles. The Balaban J connectivity index is 2.11. The van der Waals surface area contributed by atoms with Gasteiger partial charge in [0, 0.05) is 30.1 Å². The third-order valence-corrected chi connectivity index (χ3v) is 4.22. The molecule has 0 aliphatic heterocycles. The first-order chi connectivity index (χ1) is 11.2. The minimum absolute atomic E-state index is 0.0142. The lowest BCUT2D eigenvalue weighted by atomic mass is 10.0. The summed E-state index contributed by atoms with van der Waals surface area (Å²) in [5.41, 5.74) is 6.16. The summed E-state index contributed by atoms with van der Waals surface area (Å²) in [6.07, 6.45) is 1.81. The minimum atomic E-state index is 0.0142. The van der Waals surface area contributed by atoms with E-state index in [0.717, 1.165) is 18.5 Å². The maximum atomic E-state index is 11.2. The summed E-state index contributed by atoms with van der Waals surface area (Å²) in [5.74, 6) is 0.0142. The molecule has 1 amide bonds. The molecule has 0 spiro atoms. The Bertz CT molecular complexity index is 818. The van der Waals surface area contributed by atoms with Crippen molar-refractivity contribution in [1.82, 2.24) is 10.3 Å². The van der Waals surface area contributed by atoms with Crippen LogP contribution < -0.4 is 5.32 Å². The summed E-state index contributed by atoms with van der Waals surface area (Å²) in [6.45, 7) is 4.38. The van der Waals surface area contributed by atoms with E-state index in [2.05, 4.69) is 59.7 Å². The van der Waals surface area contributed by atoms with E-state index in [4.69, 9.17) is 0 Å². The quantitative estimate of drug-likeness (QED) is 0.733. The Morgan fingerprint density at radius 2 is 1.87 bits per heavy atom. The normalized spacial score (nSPS) is 10.9. The molecule has 3 heteroatoms. The Kier molecular flexibility index (Phi) is 4.47. The number of amides is 1. The zero-order valence-electron chi connectivity index (χ0n) is 13.6. The Morgan fingerprint density at radius 3 is 2.57 bits per heavy atom. The van der Waals surface area contributed by atoms with Crippen molar-refractivity contribution in [2.45, 2.75) is 26.7 Å². The van der Waals surface area contributed by atoms with E-state index in [1.165, 1.54) is 27.6 Å². The van der Waals surface area contributed by atoms with Gasteiger partial charge in [-0.05, 0) is 29.5 Å². The van der Waals surface area contributed by atoms with Crippen LogP contribution in [0.2, 0.25) is 0 Å². The van der Waals surface area contributed by atoms with Crippen molar-refractivity contribution in [2.24, 2.45) is 0 Å². The number of carbonyl (C=O) groups is 1. The molecular formula is C20H22N2O. The average Bonchev–Trinajstić information content (AvgIpc) is 2.94. The van der Waals surface area contributed by atoms with Crippen molar-refractivity contribution < 1.29 is 4.79 Å². The highest BCUT2D eigenvalue weighted by molar-refractivity contribution is 5.93. The molecule has 3 nitrogen and oxygen atoms in total. The standard InChI is InChI=1S/C20H22N2O/c1-3-15-10-7-11-17-18(12-13-21-14(2)23)20(22-19(15)17)16-8-5-4-6-9-16/h4-11,22H,3,12-13H2,1-2H3,(H,21,23). The van der Waals surface area contributed by atoms with Crippen LogP contribution in [-0.2, 0) is 17.6 Å². The van der Waals surface area contributed by atoms with Crippen molar-refractivity contribution in [3.8, 4) is 11.3 Å². The zero-order chi connectivity index (χ0) is 16.2. The minimum Gasteiger partial charge on any atom is -0.356 e. The number of para-hydroxylation sites is 1. The highest BCUT2D eigenvalue weighted by Gasteiger charge is 2.14. The van der Waals surface area contributed by atoms with Gasteiger partial charge in [-0.1, -0.05) is 55.5 Å². The molecule has 1 heterocycles. The second-order valence-corrected chi connectivity index (χ2v) is 5.77. The van der Waals surface area contributed by atoms with Gasteiger partial charge in [0.2, 0.25) is 5.91 Å². The predicted molar refractivity (Wildman–Crippen MR) is 95.5 cm³/mol. The molecule has 0 unspecified atom stereocenters. The van der Waals surface area contributed by atoms with Crippen LogP contribution in [0.1, 0.15) is 25.0 Å². The van der Waals surface area contributed by atoms with E-state index in [-0.39, 0.29) is 5.91 Å². The molecule has 0 radical (unpaired) electrons. The van der Waals surface area contributed by atoms with Crippen LogP contribution in [0.4, 0.5) is 0 Å². The molecule has 0 saturated heterocycles. The number of fused-ring (bicyclic) bond motifs is 1. The van der Waals surface area contributed by atoms with E-state index in [1.807, 2.05) is 6.07 Å². The number of nitrogens with one attached hydrogen (secondary N) is 2. The van der Waals surface area contributed by atoms with Gasteiger partial charge in [-0.2, -0.15) is 0 Å². The first-order valence-electron chi connectivity index (χ1n) is 8.13. The number of benzene rings is 2. The fraction of sp³-hybridized carbons (Fsp3) is 0.250. The molecule has 3 rings (SSSR count). The number of aromatic nitrogens is 1. The van der Waals surface area contributed by atoms with Crippen LogP contribution in [0.15, 0.2) is 48.5 Å². The van der Waals surface area contributed by atoms with Gasteiger partial charge in [0.25, 0.3) is 0 Å². The number of carbonyl (C=O) groups excluding carboxylic acids is 1. The van der Waals surface area contributed by atoms with E-state index in [1.54, 1.807) is 6.92 Å². The average molecular weight is 306 g/mol. The van der Waals surface area contributed by atoms with Crippen molar-refractivity contribution >= 4 is 16.8 Å². The lowest BCUT2D eigenvalue weighted by Crippen LogP contribution is -2.22. The van der Waals surface area contributed by atoms with Crippen LogP contribution in [0.25, 0.3) is 22.2 Å². The van der Waals surface area contributed by atoms with E-state index in [9.17, 15) is 4.79 Å². The molecule has 118 valence electrons. The maximum Gasteiger partial charge on any atom is 0.216 e. The van der Waals surface area contributed by atoms with E-state index in [0.29, 0.717) is 6.54 Å². The van der Waals surface area contributed by atoms with Crippen LogP contribution in [0.3, 0.4) is 0 Å². The SMILES string of the molecule is CCc1cccc2c(CCNC(C)=O)c(-c3ccccc3)[nH]c12. The first-order valence-corrected chi connectivity index (χ1v) is 8.13. The highest BCUT2D eigenvalue weighted by Crippen LogP contribution is 2.32. The van der Waals surface area contributed by atoms with Gasteiger partial charge in [0.1, 0.15) is 0 Å². The van der Waals surface area contributed by atoms with Crippen LogP contribution >= 0.6 is 0 Å². The Labute approximate surface area is 136 Å². The van der Waals surface area contributed by atoms with Gasteiger partial charge in [0.05, 0.1) is 0 Å². The number of hydrogen-bond donors (Lipinski definition) is 2. The number of aromatic amines is 1. The molecule has 0 aliphatic carbocycles. The van der Waals surface area contributed by atoms with Gasteiger partial charge in [-0.3, -0.25) is 4.79 Å². The van der Waals surface area contributed by atoms with Crippen molar-refractivity contribution in [3.63, 3.8) is 0 Å². The third kappa shape index (κ3) is 3.14. The highest BCUT2D eigenvalue weighted by atomic mass is 16.1.